The first-order valence-electron chi connectivity index (χ1n) is 6.64. The third-order valence-electron chi connectivity index (χ3n) is 2.47. The van der Waals surface area contributed by atoms with Crippen molar-refractivity contribution in [3.63, 3.8) is 0 Å². The van der Waals surface area contributed by atoms with E-state index in [-0.39, 0.29) is 13.2 Å². The second-order valence-corrected chi connectivity index (χ2v) is 6.98. The van der Waals surface area contributed by atoms with Crippen LogP contribution in [0.15, 0.2) is 0 Å². The Morgan fingerprint density at radius 2 is 1.35 bits per heavy atom. The lowest BCUT2D eigenvalue weighted by Crippen LogP contribution is -2.58. The molecule has 0 fully saturated rings. The molecule has 1 atom stereocenters. The van der Waals surface area contributed by atoms with E-state index < -0.39 is 20.8 Å². The Labute approximate surface area is 137 Å². The molecular weight excluding hydrogens is 396 g/mol. The average Bonchev–Trinajstić information content (AvgIpc) is 2.40. The molecule has 118 valence electrons. The van der Waals surface area contributed by atoms with Gasteiger partial charge in [0.2, 0.25) is 0 Å². The summed E-state index contributed by atoms with van der Waals surface area (Å²) in [5, 5.41) is 0. The fourth-order valence-electron chi connectivity index (χ4n) is 1.41. The zero-order chi connectivity index (χ0) is 15.8. The highest BCUT2D eigenvalue weighted by Crippen LogP contribution is 2.42. The molecule has 0 aromatic heterocycles. The highest BCUT2D eigenvalue weighted by atomic mass is 79.9. The maximum absolute atomic E-state index is 12.3. The molecule has 20 heavy (non-hydrogen) atoms. The molecule has 0 bridgehead atoms. The molecule has 1 unspecified atom stereocenters. The lowest BCUT2D eigenvalue weighted by atomic mass is 10.0. The summed E-state index contributed by atoms with van der Waals surface area (Å²) in [5.41, 5.74) is 0. The van der Waals surface area contributed by atoms with Crippen molar-refractivity contribution in [2.45, 2.75) is 49.4 Å². The number of hydrogen-bond donors (Lipinski definition) is 0. The van der Waals surface area contributed by atoms with Crippen molar-refractivity contribution < 1.29 is 23.8 Å². The van der Waals surface area contributed by atoms with E-state index in [9.17, 15) is 9.59 Å². The van der Waals surface area contributed by atoms with E-state index in [4.69, 9.17) is 14.2 Å². The summed E-state index contributed by atoms with van der Waals surface area (Å²) in [6.45, 7) is 7.85. The van der Waals surface area contributed by atoms with Gasteiger partial charge in [-0.25, -0.2) is 9.59 Å². The molecule has 0 rings (SSSR count). The molecule has 0 aliphatic heterocycles. The summed E-state index contributed by atoms with van der Waals surface area (Å²) < 4.78 is 12.6. The van der Waals surface area contributed by atoms with Crippen LogP contribution in [0, 0.1) is 0 Å². The molecule has 0 saturated heterocycles. The predicted octanol–water partition coefficient (Wildman–Crippen LogP) is 3.17. The van der Waals surface area contributed by atoms with Crippen molar-refractivity contribution in [2.24, 2.45) is 0 Å². The van der Waals surface area contributed by atoms with E-state index in [2.05, 4.69) is 31.9 Å². The van der Waals surface area contributed by atoms with Crippen molar-refractivity contribution in [1.82, 2.24) is 0 Å². The highest BCUT2D eigenvalue weighted by molar-refractivity contribution is 9.13. The van der Waals surface area contributed by atoms with Crippen LogP contribution in [0.4, 0.5) is 0 Å². The first-order chi connectivity index (χ1) is 9.27. The SMILES string of the molecule is CCCOC(=O)C(Br)(C(=O)OCCC)C(C)(Br)OCC. The third-order valence-corrected chi connectivity index (χ3v) is 5.23. The monoisotopic (exact) mass is 416 g/mol. The lowest BCUT2D eigenvalue weighted by molar-refractivity contribution is -0.165. The molecule has 0 N–H and O–H groups in total. The van der Waals surface area contributed by atoms with Gasteiger partial charge in [-0.1, -0.05) is 45.7 Å². The van der Waals surface area contributed by atoms with Crippen LogP contribution in [0.25, 0.3) is 0 Å². The van der Waals surface area contributed by atoms with Crippen LogP contribution >= 0.6 is 31.9 Å². The number of alkyl halides is 2. The standard InChI is InChI=1S/C13H22Br2O5/c1-5-8-18-10(16)13(15,11(17)19-9-6-2)12(4,14)20-7-3/h5-9H2,1-4H3. The van der Waals surface area contributed by atoms with Gasteiger partial charge in [0.15, 0.2) is 4.51 Å². The van der Waals surface area contributed by atoms with Crippen LogP contribution in [0.5, 0.6) is 0 Å². The van der Waals surface area contributed by atoms with Gasteiger partial charge in [0.1, 0.15) is 0 Å². The zero-order valence-electron chi connectivity index (χ0n) is 12.3. The fourth-order valence-corrected chi connectivity index (χ4v) is 2.30. The van der Waals surface area contributed by atoms with Gasteiger partial charge in [-0.2, -0.15) is 0 Å². The van der Waals surface area contributed by atoms with Gasteiger partial charge in [-0.15, -0.1) is 0 Å². The van der Waals surface area contributed by atoms with Crippen molar-refractivity contribution in [3.05, 3.63) is 0 Å². The summed E-state index contributed by atoms with van der Waals surface area (Å²) >= 11 is 6.46. The number of halogens is 2. The van der Waals surface area contributed by atoms with Gasteiger partial charge in [-0.05, 0) is 26.7 Å². The van der Waals surface area contributed by atoms with Gasteiger partial charge >= 0.3 is 11.9 Å². The summed E-state index contributed by atoms with van der Waals surface area (Å²) in [6.07, 6.45) is 1.32. The Morgan fingerprint density at radius 3 is 1.65 bits per heavy atom. The van der Waals surface area contributed by atoms with Gasteiger partial charge in [0.25, 0.3) is 4.32 Å². The normalized spacial score (nSPS) is 14.5. The van der Waals surface area contributed by atoms with E-state index in [0.29, 0.717) is 19.4 Å². The van der Waals surface area contributed by atoms with Crippen LogP contribution < -0.4 is 0 Å². The Kier molecular flexibility index (Phi) is 8.93. The molecule has 0 aromatic carbocycles. The summed E-state index contributed by atoms with van der Waals surface area (Å²) in [7, 11) is 0. The molecule has 0 saturated carbocycles. The maximum atomic E-state index is 12.3. The quantitative estimate of drug-likeness (QED) is 0.327. The van der Waals surface area contributed by atoms with Gasteiger partial charge in [0, 0.05) is 6.61 Å². The first-order valence-corrected chi connectivity index (χ1v) is 8.22. The van der Waals surface area contributed by atoms with Crippen molar-refractivity contribution in [2.75, 3.05) is 19.8 Å². The molecule has 5 nitrogen and oxygen atoms in total. The molecular formula is C13H22Br2O5. The molecule has 0 aliphatic carbocycles. The molecule has 0 aromatic rings. The first kappa shape index (κ1) is 19.9. The third kappa shape index (κ3) is 4.70. The minimum atomic E-state index is -1.75. The number of hydrogen-bond acceptors (Lipinski definition) is 5. The second kappa shape index (κ2) is 9.00. The van der Waals surface area contributed by atoms with Crippen LogP contribution in [0.3, 0.4) is 0 Å². The molecule has 0 aliphatic rings. The van der Waals surface area contributed by atoms with Gasteiger partial charge in [0.05, 0.1) is 13.2 Å². The van der Waals surface area contributed by atoms with E-state index in [0.717, 1.165) is 0 Å². The maximum Gasteiger partial charge on any atom is 0.338 e. The van der Waals surface area contributed by atoms with Crippen LogP contribution in [0.1, 0.15) is 40.5 Å². The summed E-state index contributed by atoms with van der Waals surface area (Å²) in [5.74, 6) is -1.46. The minimum absolute atomic E-state index is 0.225. The largest absolute Gasteiger partial charge is 0.464 e. The number of ether oxygens (including phenoxy) is 3. The Balaban J connectivity index is 5.31. The zero-order valence-corrected chi connectivity index (χ0v) is 15.5. The van der Waals surface area contributed by atoms with Crippen LogP contribution in [-0.4, -0.2) is 40.6 Å². The topological polar surface area (TPSA) is 61.8 Å². The van der Waals surface area contributed by atoms with Crippen molar-refractivity contribution >= 4 is 43.8 Å². The number of carbonyl (C=O) groups is 2. The lowest BCUT2D eigenvalue weighted by Gasteiger charge is -2.36. The van der Waals surface area contributed by atoms with Crippen molar-refractivity contribution in [1.29, 1.82) is 0 Å². The van der Waals surface area contributed by atoms with Crippen LogP contribution in [-0.2, 0) is 23.8 Å². The predicted molar refractivity (Wildman–Crippen MR) is 83.1 cm³/mol. The van der Waals surface area contributed by atoms with E-state index >= 15 is 0 Å². The minimum Gasteiger partial charge on any atom is -0.464 e. The Hall–Kier alpha value is -0.140. The average molecular weight is 418 g/mol. The number of rotatable bonds is 9. The molecule has 0 radical (unpaired) electrons. The number of carbonyl (C=O) groups excluding carboxylic acids is 2. The smallest absolute Gasteiger partial charge is 0.338 e. The molecule has 0 spiro atoms. The number of esters is 2. The van der Waals surface area contributed by atoms with Crippen molar-refractivity contribution in [3.8, 4) is 0 Å². The Bertz CT molecular complexity index is 311. The van der Waals surface area contributed by atoms with E-state index in [1.54, 1.807) is 13.8 Å². The molecule has 7 heteroatoms. The van der Waals surface area contributed by atoms with Crippen LogP contribution in [0.2, 0.25) is 0 Å². The highest BCUT2D eigenvalue weighted by Gasteiger charge is 2.60. The van der Waals surface area contributed by atoms with E-state index in [1.807, 2.05) is 13.8 Å². The summed E-state index contributed by atoms with van der Waals surface area (Å²) in [4.78, 5) is 24.5. The second-order valence-electron chi connectivity index (χ2n) is 4.28. The molecule has 0 heterocycles. The van der Waals surface area contributed by atoms with Gasteiger partial charge < -0.3 is 14.2 Å². The fraction of sp³-hybridized carbons (Fsp3) is 0.846. The van der Waals surface area contributed by atoms with Gasteiger partial charge in [-0.3, -0.25) is 0 Å². The Morgan fingerprint density at radius 1 is 0.950 bits per heavy atom. The summed E-state index contributed by atoms with van der Waals surface area (Å²) in [6, 6.07) is 0. The van der Waals surface area contributed by atoms with E-state index in [1.165, 1.54) is 0 Å². The molecule has 0 amide bonds.